The maximum Gasteiger partial charge on any atom is 0.0470 e. The van der Waals surface area contributed by atoms with Crippen LogP contribution >= 0.6 is 0 Å². The lowest BCUT2D eigenvalue weighted by atomic mass is 9.72. The molecule has 2 nitrogen and oxygen atoms in total. The number of rotatable bonds is 11. The van der Waals surface area contributed by atoms with Crippen molar-refractivity contribution in [1.82, 2.24) is 0 Å². The number of hydrogen-bond acceptors (Lipinski definition) is 2. The van der Waals surface area contributed by atoms with Crippen molar-refractivity contribution in [3.63, 3.8) is 0 Å². The molecule has 1 aliphatic rings. The molecule has 0 spiro atoms. The molecule has 290 valence electrons. The number of unbranched alkanes of at least 4 members (excludes halogenated alkanes) is 1. The van der Waals surface area contributed by atoms with Crippen LogP contribution in [-0.4, -0.2) is 6.54 Å². The Morgan fingerprint density at radius 3 is 1.69 bits per heavy atom. The fourth-order valence-electron chi connectivity index (χ4n) is 7.74. The average molecular weight is 725 g/mol. The predicted molar refractivity (Wildman–Crippen MR) is 240 cm³/mol. The van der Waals surface area contributed by atoms with E-state index in [1.807, 2.05) is 18.2 Å². The van der Waals surface area contributed by atoms with Crippen molar-refractivity contribution in [3.8, 4) is 0 Å². The first-order valence-corrected chi connectivity index (χ1v) is 20.6. The highest BCUT2D eigenvalue weighted by Crippen LogP contribution is 2.42. The number of nitrogens with zero attached hydrogens (tertiary/aromatic N) is 1. The van der Waals surface area contributed by atoms with Crippen LogP contribution in [0, 0.1) is 46.0 Å². The van der Waals surface area contributed by atoms with Gasteiger partial charge in [0, 0.05) is 29.3 Å². The maximum absolute atomic E-state index is 3.76. The molecule has 2 unspecified atom stereocenters. The van der Waals surface area contributed by atoms with Gasteiger partial charge in [0.25, 0.3) is 0 Å². The van der Waals surface area contributed by atoms with E-state index in [2.05, 4.69) is 186 Å². The topological polar surface area (TPSA) is 15.3 Å². The minimum Gasteiger partial charge on any atom is -0.355 e. The summed E-state index contributed by atoms with van der Waals surface area (Å²) in [4.78, 5) is 2.60. The number of benzene rings is 4. The summed E-state index contributed by atoms with van der Waals surface area (Å²) >= 11 is 0. The Morgan fingerprint density at radius 1 is 0.685 bits per heavy atom. The summed E-state index contributed by atoms with van der Waals surface area (Å²) < 4.78 is 0. The summed E-state index contributed by atoms with van der Waals surface area (Å²) in [6, 6.07) is 28.9. The molecule has 0 aliphatic heterocycles. The average Bonchev–Trinajstić information content (AvgIpc) is 3.11. The van der Waals surface area contributed by atoms with Crippen molar-refractivity contribution in [2.75, 3.05) is 16.8 Å². The summed E-state index contributed by atoms with van der Waals surface area (Å²) in [5.74, 6) is 0.452. The van der Waals surface area contributed by atoms with Crippen molar-refractivity contribution in [3.05, 3.63) is 142 Å². The van der Waals surface area contributed by atoms with E-state index in [0.29, 0.717) is 5.92 Å². The SMILES string of the molecule is CCCCC(C)(CC)C1=CC(CN(c2ccc(Nc3c(C)cc(C(C)(C)C)cc3C)cc2)c2c(C)cc(C(C)(C)C)cc2C)CC=C1.Cc1ccccc1. The zero-order valence-electron chi connectivity index (χ0n) is 36.5. The first-order chi connectivity index (χ1) is 25.4. The Kier molecular flexibility index (Phi) is 14.3. The Balaban J connectivity index is 0.000000831. The van der Waals surface area contributed by atoms with E-state index in [9.17, 15) is 0 Å². The molecular weight excluding hydrogens is 653 g/mol. The third-order valence-corrected chi connectivity index (χ3v) is 11.5. The summed E-state index contributed by atoms with van der Waals surface area (Å²) in [5.41, 5.74) is 16.3. The molecule has 0 amide bonds. The quantitative estimate of drug-likeness (QED) is 0.166. The fourth-order valence-corrected chi connectivity index (χ4v) is 7.74. The smallest absolute Gasteiger partial charge is 0.0470 e. The molecule has 0 fully saturated rings. The first kappa shape index (κ1) is 42.7. The van der Waals surface area contributed by atoms with E-state index in [4.69, 9.17) is 0 Å². The van der Waals surface area contributed by atoms with Crippen molar-refractivity contribution in [2.24, 2.45) is 11.3 Å². The molecule has 5 rings (SSSR count). The van der Waals surface area contributed by atoms with Crippen molar-refractivity contribution in [1.29, 1.82) is 0 Å². The highest BCUT2D eigenvalue weighted by Gasteiger charge is 2.29. The first-order valence-electron chi connectivity index (χ1n) is 20.6. The van der Waals surface area contributed by atoms with Gasteiger partial charge in [-0.3, -0.25) is 0 Å². The van der Waals surface area contributed by atoms with Crippen LogP contribution in [0.15, 0.2) is 103 Å². The van der Waals surface area contributed by atoms with Crippen LogP contribution in [0.1, 0.15) is 133 Å². The van der Waals surface area contributed by atoms with Gasteiger partial charge in [-0.15, -0.1) is 0 Å². The molecule has 0 saturated carbocycles. The molecule has 54 heavy (non-hydrogen) atoms. The molecule has 1 N–H and O–H groups in total. The van der Waals surface area contributed by atoms with Gasteiger partial charge in [-0.25, -0.2) is 0 Å². The molecule has 0 saturated heterocycles. The molecule has 0 radical (unpaired) electrons. The zero-order valence-corrected chi connectivity index (χ0v) is 36.5. The van der Waals surface area contributed by atoms with Gasteiger partial charge in [0.2, 0.25) is 0 Å². The standard InChI is InChI=1S/C45H64N2.C7H8/c1-14-16-24-45(13,15-2)36-19-17-18-35(29-36)30-47(42-33(5)27-38(28-34(42)6)44(10,11)12)40-22-20-39(21-23-40)46-41-31(3)25-37(26-32(41)4)43(7,8)9;1-7-5-3-2-4-6-7/h17,19-23,25-29,35,46H,14-16,18,24,30H2,1-13H3;2-6H,1H3. The van der Waals surface area contributed by atoms with Crippen LogP contribution in [0.3, 0.4) is 0 Å². The molecule has 0 bridgehead atoms. The van der Waals surface area contributed by atoms with Gasteiger partial charge < -0.3 is 10.2 Å². The maximum atomic E-state index is 3.76. The van der Waals surface area contributed by atoms with Gasteiger partial charge in [-0.1, -0.05) is 154 Å². The van der Waals surface area contributed by atoms with Gasteiger partial charge in [0.05, 0.1) is 0 Å². The number of aryl methyl sites for hydroxylation is 5. The third kappa shape index (κ3) is 11.0. The van der Waals surface area contributed by atoms with Crippen molar-refractivity contribution >= 4 is 22.7 Å². The monoisotopic (exact) mass is 725 g/mol. The van der Waals surface area contributed by atoms with Gasteiger partial charge in [0.1, 0.15) is 0 Å². The second-order valence-electron chi connectivity index (χ2n) is 18.4. The minimum atomic E-state index is 0.114. The predicted octanol–water partition coefficient (Wildman–Crippen LogP) is 15.5. The highest BCUT2D eigenvalue weighted by molar-refractivity contribution is 5.74. The van der Waals surface area contributed by atoms with Crippen LogP contribution in [0.2, 0.25) is 0 Å². The van der Waals surface area contributed by atoms with E-state index >= 15 is 0 Å². The van der Waals surface area contributed by atoms with Crippen molar-refractivity contribution in [2.45, 2.75) is 140 Å². The number of allylic oxidation sites excluding steroid dienone is 3. The molecule has 4 aromatic carbocycles. The van der Waals surface area contributed by atoms with Crippen molar-refractivity contribution < 1.29 is 0 Å². The van der Waals surface area contributed by atoms with Crippen LogP contribution < -0.4 is 10.2 Å². The Bertz CT molecular complexity index is 1830. The van der Waals surface area contributed by atoms with Gasteiger partial charge in [-0.2, -0.15) is 0 Å². The molecule has 1 aliphatic carbocycles. The molecule has 0 aromatic heterocycles. The Hall–Kier alpha value is -4.04. The summed E-state index contributed by atoms with van der Waals surface area (Å²) in [7, 11) is 0. The Morgan fingerprint density at radius 2 is 1.22 bits per heavy atom. The second-order valence-corrected chi connectivity index (χ2v) is 18.4. The normalized spacial score (nSPS) is 15.5. The van der Waals surface area contributed by atoms with Crippen LogP contribution in [-0.2, 0) is 10.8 Å². The number of hydrogen-bond donors (Lipinski definition) is 1. The molecule has 0 heterocycles. The summed E-state index contributed by atoms with van der Waals surface area (Å²) in [6.45, 7) is 33.0. The lowest BCUT2D eigenvalue weighted by molar-refractivity contribution is 0.342. The van der Waals surface area contributed by atoms with Crippen LogP contribution in [0.5, 0.6) is 0 Å². The Labute approximate surface area is 331 Å². The minimum absolute atomic E-state index is 0.114. The number of nitrogens with one attached hydrogen (secondary N) is 1. The molecular formula is C52H72N2. The molecule has 2 atom stereocenters. The van der Waals surface area contributed by atoms with Gasteiger partial charge in [-0.05, 0) is 139 Å². The van der Waals surface area contributed by atoms with E-state index in [1.54, 1.807) is 0 Å². The van der Waals surface area contributed by atoms with Crippen LogP contribution in [0.25, 0.3) is 0 Å². The van der Waals surface area contributed by atoms with Gasteiger partial charge in [0.15, 0.2) is 0 Å². The molecule has 2 heteroatoms. The zero-order chi connectivity index (χ0) is 39.8. The number of anilines is 4. The van der Waals surface area contributed by atoms with E-state index < -0.39 is 0 Å². The third-order valence-electron chi connectivity index (χ3n) is 11.5. The van der Waals surface area contributed by atoms with E-state index in [0.717, 1.165) is 18.7 Å². The summed E-state index contributed by atoms with van der Waals surface area (Å²) in [6.07, 6.45) is 13.5. The highest BCUT2D eigenvalue weighted by atomic mass is 15.1. The lowest BCUT2D eigenvalue weighted by Crippen LogP contribution is -2.28. The van der Waals surface area contributed by atoms with Crippen LogP contribution in [0.4, 0.5) is 22.7 Å². The van der Waals surface area contributed by atoms with E-state index in [-0.39, 0.29) is 16.2 Å². The lowest BCUT2D eigenvalue weighted by Gasteiger charge is -2.36. The fraction of sp³-hybridized carbons (Fsp3) is 0.462. The van der Waals surface area contributed by atoms with E-state index in [1.165, 1.54) is 87.3 Å². The second kappa shape index (κ2) is 18.1. The van der Waals surface area contributed by atoms with Gasteiger partial charge >= 0.3 is 0 Å². The molecule has 4 aromatic rings. The largest absolute Gasteiger partial charge is 0.355 e. The summed E-state index contributed by atoms with van der Waals surface area (Å²) in [5, 5.41) is 3.76.